The minimum atomic E-state index is -0.679. The number of ether oxygens (including phenoxy) is 2. The molecule has 1 saturated heterocycles. The van der Waals surface area contributed by atoms with Crippen molar-refractivity contribution in [1.82, 2.24) is 10.2 Å². The highest BCUT2D eigenvalue weighted by atomic mass is 32.1. The van der Waals surface area contributed by atoms with E-state index >= 15 is 0 Å². The van der Waals surface area contributed by atoms with Gasteiger partial charge in [-0.2, -0.15) is 5.26 Å². The smallest absolute Gasteiger partial charge is 0.284 e. The highest BCUT2D eigenvalue weighted by Crippen LogP contribution is 2.34. The second kappa shape index (κ2) is 10.8. The number of furan rings is 1. The fourth-order valence-electron chi connectivity index (χ4n) is 3.31. The van der Waals surface area contributed by atoms with Crippen molar-refractivity contribution in [3.8, 4) is 23.1 Å². The average molecular weight is 497 g/mol. The fourth-order valence-corrected chi connectivity index (χ4v) is 4.10. The number of aromatic nitrogens is 2. The second-order valence-electron chi connectivity index (χ2n) is 7.18. The van der Waals surface area contributed by atoms with E-state index in [1.54, 1.807) is 13.0 Å². The van der Waals surface area contributed by atoms with Crippen LogP contribution in [0.2, 0.25) is 0 Å². The predicted molar refractivity (Wildman–Crippen MR) is 127 cm³/mol. The maximum absolute atomic E-state index is 12.6. The molecule has 3 aromatic rings. The first-order valence-electron chi connectivity index (χ1n) is 10.6. The molecule has 1 fully saturated rings. The monoisotopic (exact) mass is 496 g/mol. The Kier molecular flexibility index (Phi) is 7.34. The van der Waals surface area contributed by atoms with E-state index in [4.69, 9.17) is 13.9 Å². The Morgan fingerprint density at radius 2 is 2.14 bits per heavy atom. The Hall–Kier alpha value is -4.28. The molecule has 0 bridgehead atoms. The summed E-state index contributed by atoms with van der Waals surface area (Å²) in [5, 5.41) is 32.5. The van der Waals surface area contributed by atoms with Crippen molar-refractivity contribution >= 4 is 39.3 Å². The van der Waals surface area contributed by atoms with Crippen LogP contribution in [0.1, 0.15) is 12.7 Å². The normalized spacial score (nSPS) is 13.8. The zero-order valence-electron chi connectivity index (χ0n) is 18.6. The summed E-state index contributed by atoms with van der Waals surface area (Å²) in [5.41, 5.74) is -0.174. The number of amides is 1. The number of anilines is 2. The first kappa shape index (κ1) is 23.9. The standard InChI is InChI=1S/C22H20N6O6S/c1-2-33-15-3-5-17(18(12-15)28(30)31)19-6-4-16(34-19)11-14(13-23)20(29)24-21-25-26-22(35-21)27-7-9-32-10-8-27/h3-6,11-12H,2,7-10H2,1H3,(H,24,25,29)/b14-11-. The van der Waals surface area contributed by atoms with Gasteiger partial charge in [-0.25, -0.2) is 0 Å². The van der Waals surface area contributed by atoms with E-state index in [9.17, 15) is 20.2 Å². The van der Waals surface area contributed by atoms with Crippen LogP contribution in [0.15, 0.2) is 40.3 Å². The van der Waals surface area contributed by atoms with Crippen LogP contribution in [0.3, 0.4) is 0 Å². The van der Waals surface area contributed by atoms with Crippen LogP contribution in [0.5, 0.6) is 5.75 Å². The number of nitrogens with zero attached hydrogens (tertiary/aromatic N) is 5. The van der Waals surface area contributed by atoms with Gasteiger partial charge in [0.2, 0.25) is 10.3 Å². The number of hydrogen-bond donors (Lipinski definition) is 1. The van der Waals surface area contributed by atoms with E-state index in [1.165, 1.54) is 41.7 Å². The number of hydrogen-bond acceptors (Lipinski definition) is 11. The molecule has 35 heavy (non-hydrogen) atoms. The zero-order valence-corrected chi connectivity index (χ0v) is 19.4. The van der Waals surface area contributed by atoms with Gasteiger partial charge in [0.1, 0.15) is 28.9 Å². The van der Waals surface area contributed by atoms with Crippen LogP contribution in [-0.4, -0.2) is 53.9 Å². The van der Waals surface area contributed by atoms with Gasteiger partial charge in [-0.05, 0) is 31.2 Å². The van der Waals surface area contributed by atoms with Gasteiger partial charge in [0.05, 0.1) is 36.4 Å². The van der Waals surface area contributed by atoms with E-state index in [0.717, 1.165) is 0 Å². The summed E-state index contributed by atoms with van der Waals surface area (Å²) in [5.74, 6) is 0.0813. The molecule has 12 nitrogen and oxygen atoms in total. The van der Waals surface area contributed by atoms with Crippen LogP contribution in [0, 0.1) is 21.4 Å². The van der Waals surface area contributed by atoms with E-state index in [2.05, 4.69) is 15.5 Å². The first-order chi connectivity index (χ1) is 17.0. The number of benzene rings is 1. The van der Waals surface area contributed by atoms with Crippen molar-refractivity contribution in [3.63, 3.8) is 0 Å². The molecule has 180 valence electrons. The third-order valence-corrected chi connectivity index (χ3v) is 5.84. The lowest BCUT2D eigenvalue weighted by molar-refractivity contribution is -0.384. The van der Waals surface area contributed by atoms with E-state index < -0.39 is 10.8 Å². The molecule has 2 aromatic heterocycles. The number of rotatable bonds is 8. The molecule has 0 atom stereocenters. The largest absolute Gasteiger partial charge is 0.494 e. The van der Waals surface area contributed by atoms with Gasteiger partial charge in [0, 0.05) is 19.2 Å². The molecular formula is C22H20N6O6S. The third kappa shape index (κ3) is 5.62. The molecule has 1 N–H and O–H groups in total. The minimum absolute atomic E-state index is 0.182. The number of morpholine rings is 1. The number of nitrogens with one attached hydrogen (secondary N) is 1. The van der Waals surface area contributed by atoms with Crippen LogP contribution < -0.4 is 15.0 Å². The minimum Gasteiger partial charge on any atom is -0.494 e. The summed E-state index contributed by atoms with van der Waals surface area (Å²) >= 11 is 1.19. The van der Waals surface area contributed by atoms with Crippen molar-refractivity contribution in [3.05, 3.63) is 51.8 Å². The van der Waals surface area contributed by atoms with Crippen molar-refractivity contribution < 1.29 is 23.6 Å². The molecule has 1 amide bonds. The number of nitriles is 1. The van der Waals surface area contributed by atoms with Crippen molar-refractivity contribution in [2.45, 2.75) is 6.92 Å². The van der Waals surface area contributed by atoms with Crippen LogP contribution in [0.25, 0.3) is 17.4 Å². The Morgan fingerprint density at radius 1 is 1.34 bits per heavy atom. The molecular weight excluding hydrogens is 476 g/mol. The molecule has 13 heteroatoms. The summed E-state index contributed by atoms with van der Waals surface area (Å²) in [4.78, 5) is 25.6. The van der Waals surface area contributed by atoms with Gasteiger partial charge < -0.3 is 18.8 Å². The van der Waals surface area contributed by atoms with Crippen molar-refractivity contribution in [1.29, 1.82) is 5.26 Å². The fraction of sp³-hybridized carbons (Fsp3) is 0.273. The summed E-state index contributed by atoms with van der Waals surface area (Å²) in [6, 6.07) is 9.32. The lowest BCUT2D eigenvalue weighted by atomic mass is 10.1. The van der Waals surface area contributed by atoms with Crippen LogP contribution in [-0.2, 0) is 9.53 Å². The number of carbonyl (C=O) groups is 1. The third-order valence-electron chi connectivity index (χ3n) is 4.94. The van der Waals surface area contributed by atoms with E-state index in [1.807, 2.05) is 11.0 Å². The summed E-state index contributed by atoms with van der Waals surface area (Å²) < 4.78 is 16.3. The molecule has 1 aliphatic rings. The predicted octanol–water partition coefficient (Wildman–Crippen LogP) is 3.49. The van der Waals surface area contributed by atoms with Gasteiger partial charge in [-0.3, -0.25) is 20.2 Å². The van der Waals surface area contributed by atoms with Gasteiger partial charge in [0.25, 0.3) is 11.6 Å². The van der Waals surface area contributed by atoms with Gasteiger partial charge in [-0.15, -0.1) is 10.2 Å². The van der Waals surface area contributed by atoms with Gasteiger partial charge >= 0.3 is 0 Å². The number of carbonyl (C=O) groups excluding carboxylic acids is 1. The molecule has 0 unspecified atom stereocenters. The Balaban J connectivity index is 1.50. The van der Waals surface area contributed by atoms with Gasteiger partial charge in [-0.1, -0.05) is 11.3 Å². The molecule has 0 radical (unpaired) electrons. The molecule has 0 spiro atoms. The van der Waals surface area contributed by atoms with Crippen LogP contribution in [0.4, 0.5) is 16.0 Å². The lowest BCUT2D eigenvalue weighted by Crippen LogP contribution is -2.36. The van der Waals surface area contributed by atoms with Crippen LogP contribution >= 0.6 is 11.3 Å². The highest BCUT2D eigenvalue weighted by Gasteiger charge is 2.21. The van der Waals surface area contributed by atoms with Crippen molar-refractivity contribution in [2.75, 3.05) is 43.1 Å². The summed E-state index contributed by atoms with van der Waals surface area (Å²) in [6.07, 6.45) is 1.25. The molecule has 0 aliphatic carbocycles. The zero-order chi connectivity index (χ0) is 24.8. The Bertz CT molecular complexity index is 1300. The number of nitro groups is 1. The number of nitro benzene ring substituents is 1. The quantitative estimate of drug-likeness (QED) is 0.212. The summed E-state index contributed by atoms with van der Waals surface area (Å²) in [7, 11) is 0. The molecule has 1 aliphatic heterocycles. The lowest BCUT2D eigenvalue weighted by Gasteiger charge is -2.25. The molecule has 0 saturated carbocycles. The Morgan fingerprint density at radius 3 is 2.86 bits per heavy atom. The maximum Gasteiger partial charge on any atom is 0.284 e. The van der Waals surface area contributed by atoms with Crippen molar-refractivity contribution in [2.24, 2.45) is 0 Å². The highest BCUT2D eigenvalue weighted by molar-refractivity contribution is 7.19. The topological polar surface area (TPSA) is 157 Å². The molecule has 4 rings (SSSR count). The molecule has 1 aromatic carbocycles. The van der Waals surface area contributed by atoms with E-state index in [0.29, 0.717) is 43.8 Å². The second-order valence-corrected chi connectivity index (χ2v) is 8.14. The Labute approximate surface area is 203 Å². The molecule has 3 heterocycles. The maximum atomic E-state index is 12.6. The van der Waals surface area contributed by atoms with E-state index in [-0.39, 0.29) is 33.5 Å². The average Bonchev–Trinajstić information content (AvgIpc) is 3.53. The van der Waals surface area contributed by atoms with Gasteiger partial charge in [0.15, 0.2) is 0 Å². The summed E-state index contributed by atoms with van der Waals surface area (Å²) in [6.45, 7) is 4.69. The SMILES string of the molecule is CCOc1ccc(-c2ccc(/C=C(/C#N)C(=O)Nc3nnc(N4CCOCC4)s3)o2)c([N+](=O)[O-])c1. The first-order valence-corrected chi connectivity index (χ1v) is 11.4.